The number of hydrogen-bond donors (Lipinski definition) is 2. The second-order valence-corrected chi connectivity index (χ2v) is 8.77. The molecule has 1 saturated heterocycles. The quantitative estimate of drug-likeness (QED) is 0.601. The van der Waals surface area contributed by atoms with Crippen LogP contribution in [0.2, 0.25) is 0 Å². The highest BCUT2D eigenvalue weighted by Crippen LogP contribution is 2.29. The number of rotatable bonds is 7. The first-order chi connectivity index (χ1) is 16.5. The zero-order valence-electron chi connectivity index (χ0n) is 19.6. The summed E-state index contributed by atoms with van der Waals surface area (Å²) in [6.07, 6.45) is 3.18. The standard InChI is InChI=1S/C25H31N5O4/c1-17(15-31)12-18-4-3-5-20(21(18)16-32)22-14-29(2)25(33)24(28-22)27-19-6-7-26-23(13-19)30-8-10-34-11-9-30/h3-7,13,15,17,22,32H,8-12,14,16H2,1-2H3,(H,26,27,28). The van der Waals surface area contributed by atoms with E-state index in [1.807, 2.05) is 37.3 Å². The molecule has 2 N–H and O–H groups in total. The number of anilines is 2. The van der Waals surface area contributed by atoms with Gasteiger partial charge in [-0.3, -0.25) is 9.79 Å². The Balaban J connectivity index is 1.62. The van der Waals surface area contributed by atoms with Gasteiger partial charge in [-0.1, -0.05) is 25.1 Å². The summed E-state index contributed by atoms with van der Waals surface area (Å²) in [4.78, 5) is 37.1. The normalized spacial score (nSPS) is 19.6. The molecule has 0 spiro atoms. The van der Waals surface area contributed by atoms with E-state index in [-0.39, 0.29) is 30.3 Å². The molecule has 1 fully saturated rings. The third-order valence-corrected chi connectivity index (χ3v) is 6.22. The zero-order valence-corrected chi connectivity index (χ0v) is 19.6. The molecule has 0 saturated carbocycles. The molecular weight excluding hydrogens is 434 g/mol. The lowest BCUT2D eigenvalue weighted by Crippen LogP contribution is -2.43. The first-order valence-electron chi connectivity index (χ1n) is 11.6. The van der Waals surface area contributed by atoms with E-state index in [0.29, 0.717) is 26.2 Å². The summed E-state index contributed by atoms with van der Waals surface area (Å²) >= 11 is 0. The maximum Gasteiger partial charge on any atom is 0.289 e. The van der Waals surface area contributed by atoms with Gasteiger partial charge in [0.25, 0.3) is 5.91 Å². The Bertz CT molecular complexity index is 1070. The van der Waals surface area contributed by atoms with Gasteiger partial charge in [-0.2, -0.15) is 0 Å². The third-order valence-electron chi connectivity index (χ3n) is 6.22. The van der Waals surface area contributed by atoms with Crippen molar-refractivity contribution in [3.63, 3.8) is 0 Å². The van der Waals surface area contributed by atoms with Gasteiger partial charge in [-0.25, -0.2) is 4.98 Å². The van der Waals surface area contributed by atoms with E-state index in [1.165, 1.54) is 0 Å². The Morgan fingerprint density at radius 1 is 1.29 bits per heavy atom. The summed E-state index contributed by atoms with van der Waals surface area (Å²) in [5.41, 5.74) is 3.28. The monoisotopic (exact) mass is 465 g/mol. The van der Waals surface area contributed by atoms with Gasteiger partial charge in [0.1, 0.15) is 12.1 Å². The van der Waals surface area contributed by atoms with Crippen LogP contribution in [0.3, 0.4) is 0 Å². The van der Waals surface area contributed by atoms with Crippen molar-refractivity contribution in [2.24, 2.45) is 10.9 Å². The Morgan fingerprint density at radius 2 is 2.09 bits per heavy atom. The van der Waals surface area contributed by atoms with Crippen LogP contribution in [-0.2, 0) is 27.4 Å². The van der Waals surface area contributed by atoms with Crippen LogP contribution in [0, 0.1) is 5.92 Å². The number of nitrogens with zero attached hydrogens (tertiary/aromatic N) is 4. The van der Waals surface area contributed by atoms with Crippen LogP contribution in [0.4, 0.5) is 11.5 Å². The first kappa shape index (κ1) is 23.8. The largest absolute Gasteiger partial charge is 0.392 e. The predicted octanol–water partition coefficient (Wildman–Crippen LogP) is 1.81. The second kappa shape index (κ2) is 10.8. The van der Waals surface area contributed by atoms with Crippen LogP contribution >= 0.6 is 0 Å². The van der Waals surface area contributed by atoms with Crippen molar-refractivity contribution in [2.45, 2.75) is 26.0 Å². The van der Waals surface area contributed by atoms with Gasteiger partial charge >= 0.3 is 0 Å². The fraction of sp³-hybridized carbons (Fsp3) is 0.440. The van der Waals surface area contributed by atoms with E-state index in [9.17, 15) is 14.7 Å². The summed E-state index contributed by atoms with van der Waals surface area (Å²) in [5, 5.41) is 13.3. The lowest BCUT2D eigenvalue weighted by Gasteiger charge is -2.30. The average Bonchev–Trinajstić information content (AvgIpc) is 2.87. The number of aliphatic imine (C=N–C) groups is 1. The fourth-order valence-corrected chi connectivity index (χ4v) is 4.37. The number of pyridine rings is 1. The molecule has 34 heavy (non-hydrogen) atoms. The van der Waals surface area contributed by atoms with Crippen LogP contribution in [0.15, 0.2) is 41.5 Å². The smallest absolute Gasteiger partial charge is 0.289 e. The van der Waals surface area contributed by atoms with E-state index in [4.69, 9.17) is 9.73 Å². The van der Waals surface area contributed by atoms with Gasteiger partial charge in [-0.15, -0.1) is 0 Å². The minimum atomic E-state index is -0.334. The summed E-state index contributed by atoms with van der Waals surface area (Å²) in [6, 6.07) is 9.16. The van der Waals surface area contributed by atoms with Crippen molar-refractivity contribution >= 4 is 29.5 Å². The lowest BCUT2D eigenvalue weighted by atomic mass is 9.91. The van der Waals surface area contributed by atoms with E-state index in [0.717, 1.165) is 47.6 Å². The van der Waals surface area contributed by atoms with Gasteiger partial charge in [0.2, 0.25) is 0 Å². The van der Waals surface area contributed by atoms with Crippen molar-refractivity contribution in [1.82, 2.24) is 9.88 Å². The minimum Gasteiger partial charge on any atom is -0.392 e. The number of ether oxygens (including phenoxy) is 1. The van der Waals surface area contributed by atoms with Crippen molar-refractivity contribution in [3.8, 4) is 0 Å². The number of aldehydes is 1. The molecule has 3 heterocycles. The van der Waals surface area contributed by atoms with E-state index in [2.05, 4.69) is 15.2 Å². The highest BCUT2D eigenvalue weighted by atomic mass is 16.5. The van der Waals surface area contributed by atoms with Crippen LogP contribution in [0.5, 0.6) is 0 Å². The van der Waals surface area contributed by atoms with Crippen molar-refractivity contribution in [1.29, 1.82) is 0 Å². The number of benzene rings is 1. The average molecular weight is 466 g/mol. The molecule has 2 aromatic rings. The summed E-state index contributed by atoms with van der Waals surface area (Å²) < 4.78 is 5.42. The molecule has 1 aromatic carbocycles. The van der Waals surface area contributed by atoms with Gasteiger partial charge in [-0.05, 0) is 29.2 Å². The zero-order chi connectivity index (χ0) is 24.1. The molecule has 1 aromatic heterocycles. The number of amidine groups is 1. The number of nitrogens with one attached hydrogen (secondary N) is 1. The van der Waals surface area contributed by atoms with Crippen LogP contribution < -0.4 is 10.2 Å². The Kier molecular flexibility index (Phi) is 7.54. The van der Waals surface area contributed by atoms with Gasteiger partial charge in [0.15, 0.2) is 5.84 Å². The molecule has 2 atom stereocenters. The Labute approximate surface area is 199 Å². The highest BCUT2D eigenvalue weighted by Gasteiger charge is 2.29. The van der Waals surface area contributed by atoms with Crippen molar-refractivity contribution < 1.29 is 19.4 Å². The summed E-state index contributed by atoms with van der Waals surface area (Å²) in [5.74, 6) is 0.719. The van der Waals surface area contributed by atoms with Crippen molar-refractivity contribution in [3.05, 3.63) is 53.2 Å². The number of aliphatic hydroxyl groups excluding tert-OH is 1. The topological polar surface area (TPSA) is 107 Å². The molecule has 9 nitrogen and oxygen atoms in total. The summed E-state index contributed by atoms with van der Waals surface area (Å²) in [7, 11) is 1.74. The first-order valence-corrected chi connectivity index (χ1v) is 11.6. The summed E-state index contributed by atoms with van der Waals surface area (Å²) in [6.45, 7) is 4.96. The highest BCUT2D eigenvalue weighted by molar-refractivity contribution is 6.42. The third kappa shape index (κ3) is 5.26. The molecule has 4 rings (SSSR count). The van der Waals surface area contributed by atoms with Crippen molar-refractivity contribution in [2.75, 3.05) is 50.1 Å². The molecule has 0 aliphatic carbocycles. The number of morpholine rings is 1. The number of aromatic nitrogens is 1. The fourth-order valence-electron chi connectivity index (χ4n) is 4.37. The number of hydrogen-bond acceptors (Lipinski definition) is 8. The molecule has 9 heteroatoms. The van der Waals surface area contributed by atoms with Gasteiger partial charge in [0, 0.05) is 50.6 Å². The Hall–Kier alpha value is -3.30. The molecule has 0 bridgehead atoms. The number of amides is 1. The van der Waals surface area contributed by atoms with E-state index in [1.54, 1.807) is 18.1 Å². The molecule has 2 aliphatic rings. The molecule has 180 valence electrons. The predicted molar refractivity (Wildman–Crippen MR) is 130 cm³/mol. The SMILES string of the molecule is CC(C=O)Cc1cccc(C2CN(C)C(=O)C(Nc3ccnc(N4CCOCC4)c3)=N2)c1CO. The van der Waals surface area contributed by atoms with Gasteiger partial charge in [0.05, 0.1) is 25.9 Å². The molecule has 1 amide bonds. The van der Waals surface area contributed by atoms with E-state index < -0.39 is 0 Å². The van der Waals surface area contributed by atoms with Crippen LogP contribution in [-0.4, -0.2) is 72.9 Å². The number of likely N-dealkylation sites (N-methyl/N-ethyl adjacent to an activating group) is 1. The molecular formula is C25H31N5O4. The van der Waals surface area contributed by atoms with Crippen LogP contribution in [0.25, 0.3) is 0 Å². The maximum atomic E-state index is 12.9. The number of aliphatic hydroxyl groups is 1. The molecule has 0 radical (unpaired) electrons. The maximum absolute atomic E-state index is 12.9. The molecule has 2 aliphatic heterocycles. The number of carbonyl (C=O) groups excluding carboxylic acids is 2. The van der Waals surface area contributed by atoms with Crippen LogP contribution in [0.1, 0.15) is 29.7 Å². The Morgan fingerprint density at radius 3 is 2.82 bits per heavy atom. The molecule has 2 unspecified atom stereocenters. The van der Waals surface area contributed by atoms with E-state index >= 15 is 0 Å². The van der Waals surface area contributed by atoms with Gasteiger partial charge < -0.3 is 29.8 Å². The number of carbonyl (C=O) groups is 2. The minimum absolute atomic E-state index is 0.149. The second-order valence-electron chi connectivity index (χ2n) is 8.77. The lowest BCUT2D eigenvalue weighted by molar-refractivity contribution is -0.123.